The van der Waals surface area contributed by atoms with Crippen molar-refractivity contribution in [1.82, 2.24) is 10.1 Å². The summed E-state index contributed by atoms with van der Waals surface area (Å²) < 4.78 is 10.7. The first-order valence-electron chi connectivity index (χ1n) is 9.10. The fraction of sp³-hybridized carbons (Fsp3) is 0.0870. The van der Waals surface area contributed by atoms with Crippen LogP contribution in [-0.2, 0) is 0 Å². The minimum atomic E-state index is -0.240. The predicted molar refractivity (Wildman–Crippen MR) is 111 cm³/mol. The molecule has 4 rings (SSSR count). The van der Waals surface area contributed by atoms with Crippen LogP contribution in [0.5, 0.6) is 5.75 Å². The van der Waals surface area contributed by atoms with E-state index in [9.17, 15) is 4.79 Å². The summed E-state index contributed by atoms with van der Waals surface area (Å²) in [4.78, 5) is 17.4. The summed E-state index contributed by atoms with van der Waals surface area (Å²) in [6, 6.07) is 22.2. The summed E-state index contributed by atoms with van der Waals surface area (Å²) in [5.74, 6) is 1.16. The molecule has 0 aliphatic carbocycles. The van der Waals surface area contributed by atoms with Crippen LogP contribution in [0.4, 0.5) is 5.69 Å². The number of para-hydroxylation sites is 1. The van der Waals surface area contributed by atoms with Crippen molar-refractivity contribution >= 4 is 11.6 Å². The summed E-state index contributed by atoms with van der Waals surface area (Å²) >= 11 is 0. The van der Waals surface area contributed by atoms with E-state index in [1.165, 1.54) is 0 Å². The van der Waals surface area contributed by atoms with Crippen molar-refractivity contribution in [3.8, 4) is 28.6 Å². The van der Waals surface area contributed by atoms with Gasteiger partial charge in [0, 0.05) is 11.3 Å². The standard InChI is InChI=1S/C23H19N3O3/c1-15-8-3-6-13-20(15)24-22(27)18-11-4-5-12-19(18)23-25-21(26-29-23)16-9-7-10-17(14-16)28-2/h3-14H,1-2H3,(H,24,27). The van der Waals surface area contributed by atoms with Gasteiger partial charge in [0.05, 0.1) is 18.2 Å². The lowest BCUT2D eigenvalue weighted by Gasteiger charge is -2.09. The number of aromatic nitrogens is 2. The van der Waals surface area contributed by atoms with Gasteiger partial charge in [0.1, 0.15) is 5.75 Å². The van der Waals surface area contributed by atoms with Gasteiger partial charge in [0.15, 0.2) is 0 Å². The van der Waals surface area contributed by atoms with E-state index >= 15 is 0 Å². The number of amides is 1. The molecule has 0 radical (unpaired) electrons. The van der Waals surface area contributed by atoms with E-state index in [2.05, 4.69) is 15.5 Å². The zero-order valence-electron chi connectivity index (χ0n) is 16.0. The Morgan fingerprint density at radius 2 is 1.79 bits per heavy atom. The normalized spacial score (nSPS) is 10.6. The van der Waals surface area contributed by atoms with Gasteiger partial charge in [-0.25, -0.2) is 0 Å². The van der Waals surface area contributed by atoms with Crippen molar-refractivity contribution in [2.75, 3.05) is 12.4 Å². The number of anilines is 1. The molecule has 3 aromatic carbocycles. The van der Waals surface area contributed by atoms with E-state index in [0.29, 0.717) is 22.7 Å². The number of ether oxygens (including phenoxy) is 1. The number of hydrogen-bond acceptors (Lipinski definition) is 5. The Bertz CT molecular complexity index is 1170. The van der Waals surface area contributed by atoms with Gasteiger partial charge in [-0.05, 0) is 42.8 Å². The van der Waals surface area contributed by atoms with Crippen molar-refractivity contribution < 1.29 is 14.1 Å². The average Bonchev–Trinajstić information content (AvgIpc) is 3.25. The molecule has 1 heterocycles. The second kappa shape index (κ2) is 7.98. The number of methoxy groups -OCH3 is 1. The lowest BCUT2D eigenvalue weighted by molar-refractivity contribution is 0.102. The van der Waals surface area contributed by atoms with Gasteiger partial charge in [-0.1, -0.05) is 47.6 Å². The van der Waals surface area contributed by atoms with Gasteiger partial charge in [-0.2, -0.15) is 4.98 Å². The molecule has 1 amide bonds. The highest BCUT2D eigenvalue weighted by atomic mass is 16.5. The summed E-state index contributed by atoms with van der Waals surface area (Å²) in [6.07, 6.45) is 0. The van der Waals surface area contributed by atoms with Crippen molar-refractivity contribution in [1.29, 1.82) is 0 Å². The maximum atomic E-state index is 12.9. The maximum Gasteiger partial charge on any atom is 0.259 e. The SMILES string of the molecule is COc1cccc(-c2noc(-c3ccccc3C(=O)Nc3ccccc3C)n2)c1. The Morgan fingerprint density at radius 3 is 2.62 bits per heavy atom. The molecule has 6 nitrogen and oxygen atoms in total. The second-order valence-corrected chi connectivity index (χ2v) is 6.47. The van der Waals surface area contributed by atoms with Crippen LogP contribution in [0.25, 0.3) is 22.8 Å². The third-order valence-corrected chi connectivity index (χ3v) is 4.55. The third-order valence-electron chi connectivity index (χ3n) is 4.55. The Balaban J connectivity index is 1.66. The first kappa shape index (κ1) is 18.4. The number of benzene rings is 3. The van der Waals surface area contributed by atoms with E-state index < -0.39 is 0 Å². The smallest absolute Gasteiger partial charge is 0.259 e. The zero-order chi connectivity index (χ0) is 20.2. The highest BCUT2D eigenvalue weighted by Gasteiger charge is 2.18. The molecule has 0 unspecified atom stereocenters. The average molecular weight is 385 g/mol. The van der Waals surface area contributed by atoms with Crippen LogP contribution in [0, 0.1) is 6.92 Å². The van der Waals surface area contributed by atoms with E-state index in [0.717, 1.165) is 16.8 Å². The molecule has 29 heavy (non-hydrogen) atoms. The summed E-state index contributed by atoms with van der Waals surface area (Å²) in [6.45, 7) is 1.94. The van der Waals surface area contributed by atoms with Gasteiger partial charge in [-0.3, -0.25) is 4.79 Å². The topological polar surface area (TPSA) is 77.2 Å². The van der Waals surface area contributed by atoms with Crippen molar-refractivity contribution in [3.05, 3.63) is 83.9 Å². The molecule has 0 saturated heterocycles. The molecule has 6 heteroatoms. The first-order valence-corrected chi connectivity index (χ1v) is 9.10. The van der Waals surface area contributed by atoms with Gasteiger partial charge in [0.25, 0.3) is 11.8 Å². The molecule has 0 aliphatic rings. The first-order chi connectivity index (χ1) is 14.2. The Hall–Kier alpha value is -3.93. The minimum Gasteiger partial charge on any atom is -0.497 e. The Morgan fingerprint density at radius 1 is 1.00 bits per heavy atom. The molecule has 0 spiro atoms. The van der Waals surface area contributed by atoms with Crippen LogP contribution in [0.2, 0.25) is 0 Å². The van der Waals surface area contributed by atoms with Gasteiger partial charge < -0.3 is 14.6 Å². The lowest BCUT2D eigenvalue weighted by atomic mass is 10.1. The van der Waals surface area contributed by atoms with E-state index in [-0.39, 0.29) is 11.8 Å². The van der Waals surface area contributed by atoms with Crippen molar-refractivity contribution in [2.45, 2.75) is 6.92 Å². The van der Waals surface area contributed by atoms with Crippen molar-refractivity contribution in [2.24, 2.45) is 0 Å². The molecular weight excluding hydrogens is 366 g/mol. The van der Waals surface area contributed by atoms with Crippen LogP contribution in [-0.4, -0.2) is 23.2 Å². The maximum absolute atomic E-state index is 12.9. The highest BCUT2D eigenvalue weighted by molar-refractivity contribution is 6.08. The second-order valence-electron chi connectivity index (χ2n) is 6.47. The number of nitrogens with zero attached hydrogens (tertiary/aromatic N) is 2. The Kier molecular flexibility index (Phi) is 5.07. The molecule has 144 valence electrons. The number of nitrogens with one attached hydrogen (secondary N) is 1. The molecule has 4 aromatic rings. The fourth-order valence-corrected chi connectivity index (χ4v) is 2.98. The number of hydrogen-bond donors (Lipinski definition) is 1. The summed E-state index contributed by atoms with van der Waals surface area (Å²) in [7, 11) is 1.60. The quantitative estimate of drug-likeness (QED) is 0.525. The van der Waals surface area contributed by atoms with Crippen LogP contribution in [0.1, 0.15) is 15.9 Å². The lowest BCUT2D eigenvalue weighted by Crippen LogP contribution is -2.13. The number of carbonyl (C=O) groups excluding carboxylic acids is 1. The predicted octanol–water partition coefficient (Wildman–Crippen LogP) is 4.97. The highest BCUT2D eigenvalue weighted by Crippen LogP contribution is 2.27. The molecule has 0 atom stereocenters. The third kappa shape index (κ3) is 3.87. The van der Waals surface area contributed by atoms with E-state index in [1.54, 1.807) is 25.3 Å². The van der Waals surface area contributed by atoms with Crippen LogP contribution < -0.4 is 10.1 Å². The van der Waals surface area contributed by atoms with Crippen LogP contribution >= 0.6 is 0 Å². The van der Waals surface area contributed by atoms with Gasteiger partial charge >= 0.3 is 0 Å². The largest absolute Gasteiger partial charge is 0.497 e. The summed E-state index contributed by atoms with van der Waals surface area (Å²) in [5, 5.41) is 7.01. The van der Waals surface area contributed by atoms with Crippen LogP contribution in [0.3, 0.4) is 0 Å². The van der Waals surface area contributed by atoms with Crippen molar-refractivity contribution in [3.63, 3.8) is 0 Å². The van der Waals surface area contributed by atoms with Gasteiger partial charge in [0.2, 0.25) is 5.82 Å². The molecule has 1 N–H and O–H groups in total. The molecule has 0 aliphatic heterocycles. The Labute approximate surface area is 168 Å². The molecular formula is C23H19N3O3. The van der Waals surface area contributed by atoms with E-state index in [1.807, 2.05) is 61.5 Å². The monoisotopic (exact) mass is 385 g/mol. The molecule has 1 aromatic heterocycles. The van der Waals surface area contributed by atoms with E-state index in [4.69, 9.17) is 9.26 Å². The molecule has 0 fully saturated rings. The number of rotatable bonds is 5. The minimum absolute atomic E-state index is 0.240. The summed E-state index contributed by atoms with van der Waals surface area (Å²) in [5.41, 5.74) is 3.53. The number of carbonyl (C=O) groups is 1. The van der Waals surface area contributed by atoms with Gasteiger partial charge in [-0.15, -0.1) is 0 Å². The fourth-order valence-electron chi connectivity index (χ4n) is 2.98. The molecule has 0 bridgehead atoms. The van der Waals surface area contributed by atoms with Crippen LogP contribution in [0.15, 0.2) is 77.3 Å². The molecule has 0 saturated carbocycles. The zero-order valence-corrected chi connectivity index (χ0v) is 16.0. The number of aryl methyl sites for hydroxylation is 1.